The molecule has 3 nitrogen and oxygen atoms in total. The van der Waals surface area contributed by atoms with Gasteiger partial charge in [-0.1, -0.05) is 29.3 Å². The Bertz CT molecular complexity index is 537. The van der Waals surface area contributed by atoms with E-state index in [1.165, 1.54) is 6.20 Å². The Morgan fingerprint density at radius 3 is 2.59 bits per heavy atom. The van der Waals surface area contributed by atoms with E-state index in [2.05, 4.69) is 27.7 Å². The molecule has 0 aliphatic carbocycles. The quantitative estimate of drug-likeness (QED) is 0.808. The molecule has 0 aliphatic heterocycles. The largest absolute Gasteiger partial charge is 0.382 e. The molecule has 6 heteroatoms. The normalized spacial score (nSPS) is 12.8. The van der Waals surface area contributed by atoms with Crippen LogP contribution < -0.4 is 0 Å². The van der Waals surface area contributed by atoms with Crippen molar-refractivity contribution < 1.29 is 5.11 Å². The molecule has 1 heterocycles. The fraction of sp³-hybridized carbons (Fsp3) is 0.182. The van der Waals surface area contributed by atoms with Crippen molar-refractivity contribution in [3.63, 3.8) is 0 Å². The Hall–Kier alpha value is -0.300. The van der Waals surface area contributed by atoms with Gasteiger partial charge in [0.2, 0.25) is 0 Å². The molecule has 1 N–H and O–H groups in total. The van der Waals surface area contributed by atoms with Crippen LogP contribution in [0.1, 0.15) is 17.4 Å². The van der Waals surface area contributed by atoms with Crippen LogP contribution in [0.25, 0.3) is 0 Å². The van der Waals surface area contributed by atoms with Crippen molar-refractivity contribution in [3.8, 4) is 0 Å². The number of aliphatic hydroxyl groups excluding tert-OH is 1. The van der Waals surface area contributed by atoms with Crippen LogP contribution in [-0.2, 0) is 7.05 Å². The molecule has 17 heavy (non-hydrogen) atoms. The van der Waals surface area contributed by atoms with Gasteiger partial charge in [-0.05, 0) is 40.3 Å². The third kappa shape index (κ3) is 2.59. The second kappa shape index (κ2) is 5.14. The van der Waals surface area contributed by atoms with Crippen LogP contribution in [0.2, 0.25) is 10.0 Å². The third-order valence-electron chi connectivity index (χ3n) is 2.46. The maximum absolute atomic E-state index is 10.3. The Morgan fingerprint density at radius 1 is 1.35 bits per heavy atom. The molecule has 0 saturated carbocycles. The maximum Gasteiger partial charge on any atom is 0.122 e. The number of halogens is 3. The van der Waals surface area contributed by atoms with Crippen molar-refractivity contribution in [1.82, 2.24) is 9.78 Å². The Morgan fingerprint density at radius 2 is 2.06 bits per heavy atom. The fourth-order valence-electron chi connectivity index (χ4n) is 1.57. The van der Waals surface area contributed by atoms with Gasteiger partial charge in [-0.3, -0.25) is 4.68 Å². The molecule has 2 rings (SSSR count). The smallest absolute Gasteiger partial charge is 0.122 e. The van der Waals surface area contributed by atoms with Gasteiger partial charge in [0, 0.05) is 10.6 Å². The van der Waals surface area contributed by atoms with E-state index in [4.69, 9.17) is 23.2 Å². The van der Waals surface area contributed by atoms with Crippen LogP contribution >= 0.6 is 45.8 Å². The summed E-state index contributed by atoms with van der Waals surface area (Å²) in [5.74, 6) is 0. The lowest BCUT2D eigenvalue weighted by molar-refractivity contribution is 0.210. The summed E-state index contributed by atoms with van der Waals surface area (Å²) in [6.45, 7) is 0. The highest BCUT2D eigenvalue weighted by atomic mass is 127. The number of hydrogen-bond acceptors (Lipinski definition) is 2. The van der Waals surface area contributed by atoms with Crippen LogP contribution in [0.5, 0.6) is 0 Å². The van der Waals surface area contributed by atoms with Crippen molar-refractivity contribution in [3.05, 3.63) is 49.3 Å². The van der Waals surface area contributed by atoms with Crippen LogP contribution in [0.4, 0.5) is 0 Å². The monoisotopic (exact) mass is 382 g/mol. The van der Waals surface area contributed by atoms with Gasteiger partial charge in [-0.25, -0.2) is 0 Å². The molecule has 0 saturated heterocycles. The van der Waals surface area contributed by atoms with Crippen LogP contribution in [0, 0.1) is 3.57 Å². The molecule has 0 bridgehead atoms. The topological polar surface area (TPSA) is 38.0 Å². The first-order chi connectivity index (χ1) is 8.00. The molecule has 1 aromatic carbocycles. The summed E-state index contributed by atoms with van der Waals surface area (Å²) in [5, 5.41) is 15.3. The highest BCUT2D eigenvalue weighted by molar-refractivity contribution is 14.1. The molecule has 2 aromatic rings. The first-order valence-electron chi connectivity index (χ1n) is 4.81. The predicted molar refractivity (Wildman–Crippen MR) is 76.4 cm³/mol. The summed E-state index contributed by atoms with van der Waals surface area (Å²) in [6, 6.07) is 5.41. The molecule has 0 spiro atoms. The van der Waals surface area contributed by atoms with Crippen molar-refractivity contribution in [2.45, 2.75) is 6.10 Å². The van der Waals surface area contributed by atoms with E-state index < -0.39 is 6.10 Å². The van der Waals surface area contributed by atoms with Gasteiger partial charge in [0.05, 0.1) is 21.9 Å². The lowest BCUT2D eigenvalue weighted by Gasteiger charge is -2.13. The molecule has 1 aromatic heterocycles. The number of hydrogen-bond donors (Lipinski definition) is 1. The molecular weight excluding hydrogens is 374 g/mol. The van der Waals surface area contributed by atoms with E-state index in [1.807, 2.05) is 12.1 Å². The maximum atomic E-state index is 10.3. The SMILES string of the molecule is Cn1ncc(Cl)c1C(O)c1ccc(I)c(Cl)c1. The molecular formula is C11H9Cl2IN2O. The first kappa shape index (κ1) is 13.1. The highest BCUT2D eigenvalue weighted by Crippen LogP contribution is 2.30. The molecule has 0 aliphatic rings. The van der Waals surface area contributed by atoms with Crippen LogP contribution in [0.15, 0.2) is 24.4 Å². The van der Waals surface area contributed by atoms with E-state index in [9.17, 15) is 5.11 Å². The van der Waals surface area contributed by atoms with Crippen molar-refractivity contribution in [2.24, 2.45) is 7.05 Å². The van der Waals surface area contributed by atoms with Gasteiger partial charge in [0.1, 0.15) is 6.10 Å². The van der Waals surface area contributed by atoms with Crippen molar-refractivity contribution >= 4 is 45.8 Å². The average molecular weight is 383 g/mol. The summed E-state index contributed by atoms with van der Waals surface area (Å²) in [5.41, 5.74) is 1.25. The minimum Gasteiger partial charge on any atom is -0.382 e. The van der Waals surface area contributed by atoms with E-state index in [-0.39, 0.29) is 0 Å². The lowest BCUT2D eigenvalue weighted by Crippen LogP contribution is -2.07. The van der Waals surface area contributed by atoms with Crippen molar-refractivity contribution in [2.75, 3.05) is 0 Å². The zero-order valence-corrected chi connectivity index (χ0v) is 12.5. The zero-order chi connectivity index (χ0) is 12.6. The molecule has 1 atom stereocenters. The summed E-state index contributed by atoms with van der Waals surface area (Å²) in [6.07, 6.45) is 0.679. The summed E-state index contributed by atoms with van der Waals surface area (Å²) >= 11 is 14.1. The number of benzene rings is 1. The van der Waals surface area contributed by atoms with Gasteiger partial charge in [-0.15, -0.1) is 0 Å². The number of nitrogens with zero attached hydrogens (tertiary/aromatic N) is 2. The third-order valence-corrected chi connectivity index (χ3v) is 4.32. The first-order valence-corrected chi connectivity index (χ1v) is 6.64. The molecule has 0 radical (unpaired) electrons. The Balaban J connectivity index is 2.43. The standard InChI is InChI=1S/C11H9Cl2IN2O/c1-16-10(8(13)5-15-16)11(17)6-2-3-9(14)7(12)4-6/h2-5,11,17H,1H3. The fourth-order valence-corrected chi connectivity index (χ4v) is 2.36. The van der Waals surface area contributed by atoms with Gasteiger partial charge < -0.3 is 5.11 Å². The molecule has 1 unspecified atom stereocenters. The summed E-state index contributed by atoms with van der Waals surface area (Å²) < 4.78 is 2.50. The second-order valence-electron chi connectivity index (χ2n) is 3.58. The Labute approximate surface area is 122 Å². The zero-order valence-electron chi connectivity index (χ0n) is 8.86. The molecule has 0 amide bonds. The minimum absolute atomic E-state index is 0.440. The van der Waals surface area contributed by atoms with Gasteiger partial charge in [-0.2, -0.15) is 5.10 Å². The van der Waals surface area contributed by atoms with E-state index in [0.717, 1.165) is 3.57 Å². The number of rotatable bonds is 2. The Kier molecular flexibility index (Phi) is 3.97. The van der Waals surface area contributed by atoms with E-state index >= 15 is 0 Å². The van der Waals surface area contributed by atoms with Crippen LogP contribution in [0.3, 0.4) is 0 Å². The van der Waals surface area contributed by atoms with Gasteiger partial charge in [0.15, 0.2) is 0 Å². The van der Waals surface area contributed by atoms with Crippen LogP contribution in [-0.4, -0.2) is 14.9 Å². The van der Waals surface area contributed by atoms with Gasteiger partial charge in [0.25, 0.3) is 0 Å². The molecule has 90 valence electrons. The second-order valence-corrected chi connectivity index (χ2v) is 5.55. The highest BCUT2D eigenvalue weighted by Gasteiger charge is 2.18. The number of aliphatic hydroxyl groups is 1. The number of aromatic nitrogens is 2. The summed E-state index contributed by atoms with van der Waals surface area (Å²) in [4.78, 5) is 0. The average Bonchev–Trinajstić information content (AvgIpc) is 2.62. The van der Waals surface area contributed by atoms with Crippen molar-refractivity contribution in [1.29, 1.82) is 0 Å². The predicted octanol–water partition coefficient (Wildman–Crippen LogP) is 3.41. The minimum atomic E-state index is -0.829. The summed E-state index contributed by atoms with van der Waals surface area (Å²) in [7, 11) is 1.73. The van der Waals surface area contributed by atoms with Gasteiger partial charge >= 0.3 is 0 Å². The lowest BCUT2D eigenvalue weighted by atomic mass is 10.1. The molecule has 0 fully saturated rings. The number of aryl methyl sites for hydroxylation is 1. The van der Waals surface area contributed by atoms with E-state index in [1.54, 1.807) is 17.8 Å². The van der Waals surface area contributed by atoms with E-state index in [0.29, 0.717) is 21.3 Å².